The van der Waals surface area contributed by atoms with Crippen LogP contribution in [-0.2, 0) is 4.74 Å². The van der Waals surface area contributed by atoms with Crippen LogP contribution in [0.25, 0.3) is 0 Å². The smallest absolute Gasteiger partial charge is 0.358 e. The lowest BCUT2D eigenvalue weighted by molar-refractivity contribution is 0.0585. The van der Waals surface area contributed by atoms with E-state index in [1.807, 2.05) is 0 Å². The van der Waals surface area contributed by atoms with E-state index >= 15 is 0 Å². The van der Waals surface area contributed by atoms with E-state index in [0.29, 0.717) is 11.8 Å². The zero-order chi connectivity index (χ0) is 13.7. The first kappa shape index (κ1) is 13.8. The number of methoxy groups -OCH3 is 1. The summed E-state index contributed by atoms with van der Waals surface area (Å²) in [4.78, 5) is 19.5. The van der Waals surface area contributed by atoms with Gasteiger partial charge in [0, 0.05) is 0 Å². The summed E-state index contributed by atoms with van der Waals surface area (Å²) in [6.45, 7) is 2.18. The molecule has 0 saturated heterocycles. The fraction of sp³-hybridized carbons (Fsp3) is 0.643. The molecule has 2 atom stereocenters. The third kappa shape index (κ3) is 3.43. The average Bonchev–Trinajstić information content (AvgIpc) is 2.47. The van der Waals surface area contributed by atoms with E-state index in [-0.39, 0.29) is 11.8 Å². The largest absolute Gasteiger partial charge is 0.473 e. The van der Waals surface area contributed by atoms with Gasteiger partial charge in [0.05, 0.1) is 19.5 Å². The van der Waals surface area contributed by atoms with Crippen LogP contribution < -0.4 is 4.74 Å². The van der Waals surface area contributed by atoms with Gasteiger partial charge in [0.2, 0.25) is 5.88 Å². The molecule has 1 aliphatic carbocycles. The van der Waals surface area contributed by atoms with Crippen molar-refractivity contribution in [2.75, 3.05) is 7.11 Å². The Morgan fingerprint density at radius 1 is 1.37 bits per heavy atom. The second kappa shape index (κ2) is 6.50. The molecule has 19 heavy (non-hydrogen) atoms. The van der Waals surface area contributed by atoms with Gasteiger partial charge in [0.15, 0.2) is 5.69 Å². The number of carbonyl (C=O) groups is 1. The molecular weight excluding hydrogens is 244 g/mol. The molecule has 1 heterocycles. The molecular formula is C14H20N2O3. The van der Waals surface area contributed by atoms with Crippen molar-refractivity contribution in [3.63, 3.8) is 0 Å². The molecule has 2 rings (SSSR count). The van der Waals surface area contributed by atoms with E-state index in [9.17, 15) is 4.79 Å². The van der Waals surface area contributed by atoms with Gasteiger partial charge in [-0.1, -0.05) is 13.3 Å². The quantitative estimate of drug-likeness (QED) is 0.782. The Bertz CT molecular complexity index is 436. The Hall–Kier alpha value is -1.65. The Labute approximate surface area is 113 Å². The molecule has 5 nitrogen and oxygen atoms in total. The van der Waals surface area contributed by atoms with E-state index in [0.717, 1.165) is 12.8 Å². The van der Waals surface area contributed by atoms with E-state index in [1.165, 1.54) is 32.6 Å². The molecule has 5 heteroatoms. The lowest BCUT2D eigenvalue weighted by Gasteiger charge is -2.30. The highest BCUT2D eigenvalue weighted by Gasteiger charge is 2.26. The first-order valence-corrected chi connectivity index (χ1v) is 6.81. The lowest BCUT2D eigenvalue weighted by Crippen LogP contribution is -2.30. The van der Waals surface area contributed by atoms with Crippen molar-refractivity contribution in [2.45, 2.75) is 45.1 Å². The van der Waals surface area contributed by atoms with Gasteiger partial charge in [-0.3, -0.25) is 4.98 Å². The minimum atomic E-state index is -0.492. The average molecular weight is 264 g/mol. The van der Waals surface area contributed by atoms with Crippen LogP contribution in [0.5, 0.6) is 5.88 Å². The highest BCUT2D eigenvalue weighted by Crippen LogP contribution is 2.29. The second-order valence-corrected chi connectivity index (χ2v) is 4.84. The van der Waals surface area contributed by atoms with E-state index in [4.69, 9.17) is 4.74 Å². The fourth-order valence-corrected chi connectivity index (χ4v) is 2.56. The molecule has 1 aliphatic rings. The maximum absolute atomic E-state index is 11.4. The number of ether oxygens (including phenoxy) is 2. The molecule has 1 saturated carbocycles. The lowest BCUT2D eigenvalue weighted by atomic mass is 9.85. The maximum atomic E-state index is 11.4. The van der Waals surface area contributed by atoms with Crippen LogP contribution in [0, 0.1) is 5.92 Å². The Morgan fingerprint density at radius 2 is 2.16 bits per heavy atom. The first-order chi connectivity index (χ1) is 9.24. The van der Waals surface area contributed by atoms with Crippen molar-refractivity contribution in [1.29, 1.82) is 0 Å². The van der Waals surface area contributed by atoms with Crippen molar-refractivity contribution < 1.29 is 14.3 Å². The van der Waals surface area contributed by atoms with Gasteiger partial charge >= 0.3 is 5.97 Å². The second-order valence-electron chi connectivity index (χ2n) is 4.84. The minimum Gasteiger partial charge on any atom is -0.473 e. The van der Waals surface area contributed by atoms with Crippen LogP contribution in [0.2, 0.25) is 0 Å². The summed E-state index contributed by atoms with van der Waals surface area (Å²) in [5.41, 5.74) is 0.184. The van der Waals surface area contributed by atoms with Crippen molar-refractivity contribution in [3.8, 4) is 5.88 Å². The van der Waals surface area contributed by atoms with Crippen LogP contribution in [-0.4, -0.2) is 29.2 Å². The standard InChI is InChI=1S/C14H20N2O3/c1-3-10-6-4-5-7-12(10)19-13-9-15-8-11(16-13)14(17)18-2/h8-10,12H,3-7H2,1-2H3. The first-order valence-electron chi connectivity index (χ1n) is 6.81. The SMILES string of the molecule is CCC1CCCCC1Oc1cncc(C(=O)OC)n1. The number of aromatic nitrogens is 2. The molecule has 0 N–H and O–H groups in total. The van der Waals surface area contributed by atoms with Crippen LogP contribution in [0.1, 0.15) is 49.5 Å². The summed E-state index contributed by atoms with van der Waals surface area (Å²) in [7, 11) is 1.33. The van der Waals surface area contributed by atoms with Crippen molar-refractivity contribution in [2.24, 2.45) is 5.92 Å². The molecule has 0 spiro atoms. The van der Waals surface area contributed by atoms with Crippen LogP contribution in [0.4, 0.5) is 0 Å². The summed E-state index contributed by atoms with van der Waals surface area (Å²) in [5.74, 6) is 0.485. The summed E-state index contributed by atoms with van der Waals surface area (Å²) in [6, 6.07) is 0. The topological polar surface area (TPSA) is 61.3 Å². The molecule has 0 amide bonds. The van der Waals surface area contributed by atoms with E-state index < -0.39 is 5.97 Å². The van der Waals surface area contributed by atoms with Gasteiger partial charge in [0.1, 0.15) is 6.10 Å². The van der Waals surface area contributed by atoms with Gasteiger partial charge in [-0.25, -0.2) is 9.78 Å². The molecule has 1 fully saturated rings. The molecule has 104 valence electrons. The Morgan fingerprint density at radius 3 is 2.89 bits per heavy atom. The van der Waals surface area contributed by atoms with Crippen molar-refractivity contribution >= 4 is 5.97 Å². The number of hydrogen-bond acceptors (Lipinski definition) is 5. The Balaban J connectivity index is 2.07. The van der Waals surface area contributed by atoms with E-state index in [2.05, 4.69) is 21.6 Å². The van der Waals surface area contributed by atoms with Gasteiger partial charge in [-0.15, -0.1) is 0 Å². The van der Waals surface area contributed by atoms with Crippen LogP contribution in [0.15, 0.2) is 12.4 Å². The number of hydrogen-bond donors (Lipinski definition) is 0. The Kier molecular flexibility index (Phi) is 4.71. The zero-order valence-corrected chi connectivity index (χ0v) is 11.5. The molecule has 1 aromatic rings. The summed E-state index contributed by atoms with van der Waals surface area (Å²) in [6.07, 6.45) is 8.92. The monoisotopic (exact) mass is 264 g/mol. The van der Waals surface area contributed by atoms with Crippen LogP contribution in [0.3, 0.4) is 0 Å². The normalized spacial score (nSPS) is 22.8. The third-order valence-electron chi connectivity index (χ3n) is 3.64. The van der Waals surface area contributed by atoms with Gasteiger partial charge < -0.3 is 9.47 Å². The maximum Gasteiger partial charge on any atom is 0.358 e. The number of nitrogens with zero attached hydrogens (tertiary/aromatic N) is 2. The molecule has 0 radical (unpaired) electrons. The van der Waals surface area contributed by atoms with Gasteiger partial charge in [0.25, 0.3) is 0 Å². The third-order valence-corrected chi connectivity index (χ3v) is 3.64. The molecule has 0 bridgehead atoms. The summed E-state index contributed by atoms with van der Waals surface area (Å²) < 4.78 is 10.5. The minimum absolute atomic E-state index is 0.181. The molecule has 2 unspecified atom stereocenters. The summed E-state index contributed by atoms with van der Waals surface area (Å²) >= 11 is 0. The fourth-order valence-electron chi connectivity index (χ4n) is 2.56. The number of carbonyl (C=O) groups excluding carboxylic acids is 1. The molecule has 1 aromatic heterocycles. The number of esters is 1. The molecule has 0 aliphatic heterocycles. The zero-order valence-electron chi connectivity index (χ0n) is 11.5. The van der Waals surface area contributed by atoms with Crippen molar-refractivity contribution in [1.82, 2.24) is 9.97 Å². The van der Waals surface area contributed by atoms with Crippen LogP contribution >= 0.6 is 0 Å². The predicted molar refractivity (Wildman–Crippen MR) is 70.0 cm³/mol. The number of rotatable bonds is 4. The highest BCUT2D eigenvalue weighted by molar-refractivity contribution is 5.86. The van der Waals surface area contributed by atoms with Crippen molar-refractivity contribution in [3.05, 3.63) is 18.1 Å². The van der Waals surface area contributed by atoms with E-state index in [1.54, 1.807) is 6.20 Å². The highest BCUT2D eigenvalue weighted by atomic mass is 16.5. The molecule has 0 aromatic carbocycles. The van der Waals surface area contributed by atoms with Gasteiger partial charge in [-0.05, 0) is 31.6 Å². The van der Waals surface area contributed by atoms with Gasteiger partial charge in [-0.2, -0.15) is 0 Å². The predicted octanol–water partition coefficient (Wildman–Crippen LogP) is 2.61. The summed E-state index contributed by atoms with van der Waals surface area (Å²) in [5, 5.41) is 0.